The number of likely N-dealkylation sites (tertiary alicyclic amines) is 1. The molecule has 2 unspecified atom stereocenters. The van der Waals surface area contributed by atoms with Gasteiger partial charge < -0.3 is 4.90 Å². The minimum Gasteiger partial charge on any atom is -0.339 e. The fourth-order valence-electron chi connectivity index (χ4n) is 2.15. The van der Waals surface area contributed by atoms with Crippen LogP contribution in [0.1, 0.15) is 39.5 Å². The quantitative estimate of drug-likeness (QED) is 0.295. The first-order valence-electron chi connectivity index (χ1n) is 6.01. The van der Waals surface area contributed by atoms with Gasteiger partial charge in [0.05, 0.1) is 6.04 Å². The van der Waals surface area contributed by atoms with Crippen molar-refractivity contribution in [3.8, 4) is 0 Å². The van der Waals surface area contributed by atoms with Gasteiger partial charge in [-0.1, -0.05) is 6.92 Å². The second kappa shape index (κ2) is 4.39. The highest BCUT2D eigenvalue weighted by molar-refractivity contribution is 5.80. The molecule has 1 aliphatic heterocycles. The maximum atomic E-state index is 5.56. The molecule has 86 valence electrons. The van der Waals surface area contributed by atoms with Crippen LogP contribution < -0.4 is 11.3 Å². The first kappa shape index (κ1) is 10.7. The zero-order valence-corrected chi connectivity index (χ0v) is 9.74. The number of nitrogens with zero attached hydrogens (tertiary/aromatic N) is 2. The molecule has 1 saturated carbocycles. The van der Waals surface area contributed by atoms with Crippen LogP contribution >= 0.6 is 0 Å². The fraction of sp³-hybridized carbons (Fsp3) is 0.909. The molecule has 1 saturated heterocycles. The van der Waals surface area contributed by atoms with Gasteiger partial charge in [-0.05, 0) is 38.5 Å². The minimum absolute atomic E-state index is 0.528. The monoisotopic (exact) mass is 210 g/mol. The van der Waals surface area contributed by atoms with E-state index in [0.717, 1.165) is 18.4 Å². The predicted octanol–water partition coefficient (Wildman–Crippen LogP) is 1.09. The Bertz CT molecular complexity index is 247. The standard InChI is InChI=1S/C11H22N4/c1-8-3-4-9(2)15(7-8)11(14-12)13-10-5-6-10/h8-10H,3-7,12H2,1-2H3,(H,13,14). The normalized spacial score (nSPS) is 33.0. The van der Waals surface area contributed by atoms with E-state index >= 15 is 0 Å². The number of aliphatic imine (C=N–C) groups is 1. The molecule has 0 bridgehead atoms. The van der Waals surface area contributed by atoms with E-state index in [1.807, 2.05) is 0 Å². The Balaban J connectivity index is 2.04. The summed E-state index contributed by atoms with van der Waals surface area (Å²) in [6.07, 6.45) is 5.01. The molecule has 2 rings (SSSR count). The summed E-state index contributed by atoms with van der Waals surface area (Å²) in [5.74, 6) is 7.21. The van der Waals surface area contributed by atoms with Gasteiger partial charge in [-0.15, -0.1) is 0 Å². The molecular formula is C11H22N4. The summed E-state index contributed by atoms with van der Waals surface area (Å²) >= 11 is 0. The number of hydrogen-bond acceptors (Lipinski definition) is 2. The van der Waals surface area contributed by atoms with Crippen molar-refractivity contribution in [3.05, 3.63) is 0 Å². The van der Waals surface area contributed by atoms with Crippen LogP contribution in [0.25, 0.3) is 0 Å². The maximum Gasteiger partial charge on any atom is 0.208 e. The van der Waals surface area contributed by atoms with Crippen LogP contribution in [-0.4, -0.2) is 29.5 Å². The Labute approximate surface area is 91.9 Å². The molecule has 0 aromatic heterocycles. The van der Waals surface area contributed by atoms with Gasteiger partial charge in [0.1, 0.15) is 0 Å². The highest BCUT2D eigenvalue weighted by Gasteiger charge is 2.28. The second-order valence-electron chi connectivity index (χ2n) is 5.01. The van der Waals surface area contributed by atoms with Crippen molar-refractivity contribution in [1.82, 2.24) is 10.3 Å². The van der Waals surface area contributed by atoms with Crippen LogP contribution in [0.3, 0.4) is 0 Å². The highest BCUT2D eigenvalue weighted by Crippen LogP contribution is 2.26. The largest absolute Gasteiger partial charge is 0.339 e. The second-order valence-corrected chi connectivity index (χ2v) is 5.01. The van der Waals surface area contributed by atoms with Crippen molar-refractivity contribution in [2.24, 2.45) is 16.8 Å². The Morgan fingerprint density at radius 3 is 2.60 bits per heavy atom. The molecule has 4 nitrogen and oxygen atoms in total. The number of hydrogen-bond donors (Lipinski definition) is 2. The van der Waals surface area contributed by atoms with Gasteiger partial charge in [-0.25, -0.2) is 10.8 Å². The van der Waals surface area contributed by atoms with E-state index < -0.39 is 0 Å². The Hall–Kier alpha value is -0.770. The smallest absolute Gasteiger partial charge is 0.208 e. The molecule has 1 heterocycles. The Kier molecular flexibility index (Phi) is 3.14. The molecule has 3 N–H and O–H groups in total. The lowest BCUT2D eigenvalue weighted by Gasteiger charge is -2.38. The molecule has 0 amide bonds. The molecule has 0 spiro atoms. The van der Waals surface area contributed by atoms with Gasteiger partial charge in [-0.2, -0.15) is 0 Å². The fourth-order valence-corrected chi connectivity index (χ4v) is 2.15. The Morgan fingerprint density at radius 1 is 1.27 bits per heavy atom. The average Bonchev–Trinajstić information content (AvgIpc) is 3.02. The van der Waals surface area contributed by atoms with Crippen molar-refractivity contribution >= 4 is 5.96 Å². The van der Waals surface area contributed by atoms with E-state index in [9.17, 15) is 0 Å². The van der Waals surface area contributed by atoms with Crippen LogP contribution in [0.2, 0.25) is 0 Å². The van der Waals surface area contributed by atoms with Crippen molar-refractivity contribution in [2.75, 3.05) is 6.54 Å². The first-order valence-corrected chi connectivity index (χ1v) is 6.01. The molecule has 15 heavy (non-hydrogen) atoms. The van der Waals surface area contributed by atoms with Crippen molar-refractivity contribution < 1.29 is 0 Å². The van der Waals surface area contributed by atoms with Crippen LogP contribution in [0.15, 0.2) is 4.99 Å². The highest BCUT2D eigenvalue weighted by atomic mass is 15.4. The Morgan fingerprint density at radius 2 is 2.00 bits per heavy atom. The van der Waals surface area contributed by atoms with E-state index in [-0.39, 0.29) is 0 Å². The summed E-state index contributed by atoms with van der Waals surface area (Å²) in [5, 5.41) is 0. The van der Waals surface area contributed by atoms with Crippen LogP contribution in [0, 0.1) is 5.92 Å². The summed E-state index contributed by atoms with van der Waals surface area (Å²) in [7, 11) is 0. The topological polar surface area (TPSA) is 53.6 Å². The lowest BCUT2D eigenvalue weighted by Crippen LogP contribution is -2.52. The summed E-state index contributed by atoms with van der Waals surface area (Å²) in [6, 6.07) is 1.09. The molecule has 0 aromatic rings. The summed E-state index contributed by atoms with van der Waals surface area (Å²) in [4.78, 5) is 6.95. The summed E-state index contributed by atoms with van der Waals surface area (Å²) in [6.45, 7) is 5.63. The molecule has 0 aromatic carbocycles. The van der Waals surface area contributed by atoms with Gasteiger partial charge in [0.25, 0.3) is 0 Å². The lowest BCUT2D eigenvalue weighted by atomic mass is 9.95. The van der Waals surface area contributed by atoms with Gasteiger partial charge in [0.15, 0.2) is 0 Å². The predicted molar refractivity (Wildman–Crippen MR) is 62.3 cm³/mol. The van der Waals surface area contributed by atoms with E-state index in [1.165, 1.54) is 25.7 Å². The van der Waals surface area contributed by atoms with Crippen LogP contribution in [0.4, 0.5) is 0 Å². The summed E-state index contributed by atoms with van der Waals surface area (Å²) in [5.41, 5.74) is 2.77. The average molecular weight is 210 g/mol. The number of nitrogens with two attached hydrogens (primary N) is 1. The third-order valence-electron chi connectivity index (χ3n) is 3.37. The van der Waals surface area contributed by atoms with E-state index in [0.29, 0.717) is 12.1 Å². The molecular weight excluding hydrogens is 188 g/mol. The van der Waals surface area contributed by atoms with E-state index in [4.69, 9.17) is 5.84 Å². The molecule has 2 atom stereocenters. The van der Waals surface area contributed by atoms with E-state index in [1.54, 1.807) is 0 Å². The first-order chi connectivity index (χ1) is 7.20. The third kappa shape index (κ3) is 2.62. The zero-order chi connectivity index (χ0) is 10.8. The van der Waals surface area contributed by atoms with Gasteiger partial charge in [0, 0.05) is 12.6 Å². The third-order valence-corrected chi connectivity index (χ3v) is 3.37. The van der Waals surface area contributed by atoms with Gasteiger partial charge in [-0.3, -0.25) is 5.43 Å². The number of hydrazine groups is 1. The summed E-state index contributed by atoms with van der Waals surface area (Å²) < 4.78 is 0. The van der Waals surface area contributed by atoms with Crippen LogP contribution in [-0.2, 0) is 0 Å². The zero-order valence-electron chi connectivity index (χ0n) is 9.74. The number of guanidine groups is 1. The van der Waals surface area contributed by atoms with E-state index in [2.05, 4.69) is 29.2 Å². The molecule has 0 radical (unpaired) electrons. The molecule has 1 aliphatic carbocycles. The lowest BCUT2D eigenvalue weighted by molar-refractivity contribution is 0.201. The van der Waals surface area contributed by atoms with Gasteiger partial charge in [0.2, 0.25) is 5.96 Å². The van der Waals surface area contributed by atoms with Gasteiger partial charge >= 0.3 is 0 Å². The number of rotatable bonds is 1. The molecule has 4 heteroatoms. The SMILES string of the molecule is CC1CCC(C)N(C(=NC2CC2)NN)C1. The molecule has 2 fully saturated rings. The van der Waals surface area contributed by atoms with Crippen LogP contribution in [0.5, 0.6) is 0 Å². The maximum absolute atomic E-state index is 5.56. The minimum atomic E-state index is 0.528. The van der Waals surface area contributed by atoms with Crippen molar-refractivity contribution in [2.45, 2.75) is 51.6 Å². The van der Waals surface area contributed by atoms with Crippen molar-refractivity contribution in [3.63, 3.8) is 0 Å². The molecule has 2 aliphatic rings. The number of nitrogens with one attached hydrogen (secondary N) is 1. The number of piperidine rings is 1. The van der Waals surface area contributed by atoms with Crippen molar-refractivity contribution in [1.29, 1.82) is 0 Å².